The SMILES string of the molecule is CCCOCCCNC(=O)C(O)C(C)(C)CO. The minimum Gasteiger partial charge on any atom is -0.396 e. The van der Waals surface area contributed by atoms with E-state index in [1.165, 1.54) is 0 Å². The summed E-state index contributed by atoms with van der Waals surface area (Å²) in [5, 5.41) is 21.3. The normalized spacial score (nSPS) is 13.5. The summed E-state index contributed by atoms with van der Waals surface area (Å²) >= 11 is 0. The molecule has 17 heavy (non-hydrogen) atoms. The maximum Gasteiger partial charge on any atom is 0.249 e. The first-order valence-corrected chi connectivity index (χ1v) is 6.10. The van der Waals surface area contributed by atoms with Crippen molar-refractivity contribution in [2.75, 3.05) is 26.4 Å². The van der Waals surface area contributed by atoms with Crippen LogP contribution in [0.25, 0.3) is 0 Å². The lowest BCUT2D eigenvalue weighted by Crippen LogP contribution is -2.45. The van der Waals surface area contributed by atoms with Crippen LogP contribution in [0, 0.1) is 5.41 Å². The lowest BCUT2D eigenvalue weighted by atomic mass is 9.87. The Labute approximate surface area is 103 Å². The number of nitrogens with one attached hydrogen (secondary N) is 1. The number of aliphatic hydroxyl groups is 2. The lowest BCUT2D eigenvalue weighted by Gasteiger charge is -2.27. The smallest absolute Gasteiger partial charge is 0.249 e. The molecule has 102 valence electrons. The molecule has 1 unspecified atom stereocenters. The van der Waals surface area contributed by atoms with Crippen molar-refractivity contribution >= 4 is 5.91 Å². The Hall–Kier alpha value is -0.650. The summed E-state index contributed by atoms with van der Waals surface area (Å²) in [5.74, 6) is -0.445. The molecule has 1 amide bonds. The molecule has 0 bridgehead atoms. The third-order valence-electron chi connectivity index (χ3n) is 2.51. The Morgan fingerprint density at radius 2 is 2.06 bits per heavy atom. The molecule has 3 N–H and O–H groups in total. The molecular weight excluding hydrogens is 222 g/mol. The van der Waals surface area contributed by atoms with E-state index in [9.17, 15) is 9.90 Å². The van der Waals surface area contributed by atoms with Crippen molar-refractivity contribution in [1.29, 1.82) is 0 Å². The molecule has 0 aromatic carbocycles. The van der Waals surface area contributed by atoms with E-state index in [-0.39, 0.29) is 6.61 Å². The molecule has 0 fully saturated rings. The summed E-state index contributed by atoms with van der Waals surface area (Å²) in [4.78, 5) is 11.5. The van der Waals surface area contributed by atoms with Crippen molar-refractivity contribution in [3.05, 3.63) is 0 Å². The highest BCUT2D eigenvalue weighted by Gasteiger charge is 2.32. The summed E-state index contributed by atoms with van der Waals surface area (Å²) in [6.07, 6.45) is 0.511. The standard InChI is InChI=1S/C12H25NO4/c1-4-7-17-8-5-6-13-11(16)10(15)12(2,3)9-14/h10,14-15H,4-9H2,1-3H3,(H,13,16). The Balaban J connectivity index is 3.72. The summed E-state index contributed by atoms with van der Waals surface area (Å²) in [5.41, 5.74) is -0.817. The zero-order chi connectivity index (χ0) is 13.3. The van der Waals surface area contributed by atoms with E-state index in [2.05, 4.69) is 5.32 Å². The monoisotopic (exact) mass is 247 g/mol. The highest BCUT2D eigenvalue weighted by atomic mass is 16.5. The maximum absolute atomic E-state index is 11.5. The fourth-order valence-corrected chi connectivity index (χ4v) is 1.17. The molecule has 0 aliphatic rings. The number of carbonyl (C=O) groups is 1. The molecule has 0 aliphatic heterocycles. The topological polar surface area (TPSA) is 78.8 Å². The first kappa shape index (κ1) is 16.4. The van der Waals surface area contributed by atoms with Crippen molar-refractivity contribution in [3.8, 4) is 0 Å². The van der Waals surface area contributed by atoms with Gasteiger partial charge in [0.2, 0.25) is 5.91 Å². The van der Waals surface area contributed by atoms with Gasteiger partial charge in [0.25, 0.3) is 0 Å². The molecule has 0 aromatic heterocycles. The number of ether oxygens (including phenoxy) is 1. The molecule has 5 nitrogen and oxygen atoms in total. The predicted octanol–water partition coefficient (Wildman–Crippen LogP) is 0.299. The van der Waals surface area contributed by atoms with Gasteiger partial charge in [-0.05, 0) is 12.8 Å². The molecule has 0 heterocycles. The van der Waals surface area contributed by atoms with Crippen LogP contribution in [-0.2, 0) is 9.53 Å². The molecule has 0 spiro atoms. The van der Waals surface area contributed by atoms with Gasteiger partial charge in [0.1, 0.15) is 6.10 Å². The number of aliphatic hydroxyl groups excluding tert-OH is 2. The highest BCUT2D eigenvalue weighted by molar-refractivity contribution is 5.81. The van der Waals surface area contributed by atoms with E-state index in [1.54, 1.807) is 13.8 Å². The molecule has 5 heteroatoms. The number of amides is 1. The second-order valence-electron chi connectivity index (χ2n) is 4.81. The number of hydrogen-bond acceptors (Lipinski definition) is 4. The second kappa shape index (κ2) is 8.44. The van der Waals surface area contributed by atoms with Crippen LogP contribution in [0.5, 0.6) is 0 Å². The van der Waals surface area contributed by atoms with E-state index in [4.69, 9.17) is 9.84 Å². The Bertz CT molecular complexity index is 219. The molecule has 0 rings (SSSR count). The first-order valence-electron chi connectivity index (χ1n) is 6.10. The van der Waals surface area contributed by atoms with E-state index < -0.39 is 17.4 Å². The zero-order valence-corrected chi connectivity index (χ0v) is 11.0. The highest BCUT2D eigenvalue weighted by Crippen LogP contribution is 2.19. The van der Waals surface area contributed by atoms with E-state index >= 15 is 0 Å². The third kappa shape index (κ3) is 6.61. The minimum absolute atomic E-state index is 0.235. The fourth-order valence-electron chi connectivity index (χ4n) is 1.17. The van der Waals surface area contributed by atoms with Gasteiger partial charge in [-0.25, -0.2) is 0 Å². The van der Waals surface area contributed by atoms with Crippen LogP contribution in [0.15, 0.2) is 0 Å². The molecule has 0 saturated heterocycles. The van der Waals surface area contributed by atoms with Gasteiger partial charge < -0.3 is 20.3 Å². The van der Waals surface area contributed by atoms with Gasteiger partial charge in [-0.2, -0.15) is 0 Å². The molecule has 0 radical (unpaired) electrons. The summed E-state index contributed by atoms with van der Waals surface area (Å²) in [7, 11) is 0. The molecule has 0 aliphatic carbocycles. The fraction of sp³-hybridized carbons (Fsp3) is 0.917. The largest absolute Gasteiger partial charge is 0.396 e. The summed E-state index contributed by atoms with van der Waals surface area (Å²) < 4.78 is 5.26. The van der Waals surface area contributed by atoms with Gasteiger partial charge in [-0.15, -0.1) is 0 Å². The van der Waals surface area contributed by atoms with Gasteiger partial charge in [0, 0.05) is 25.2 Å². The van der Waals surface area contributed by atoms with Crippen LogP contribution < -0.4 is 5.32 Å². The van der Waals surface area contributed by atoms with E-state index in [0.717, 1.165) is 19.4 Å². The minimum atomic E-state index is -1.19. The van der Waals surface area contributed by atoms with Gasteiger partial charge in [-0.3, -0.25) is 4.79 Å². The van der Waals surface area contributed by atoms with Crippen LogP contribution in [0.3, 0.4) is 0 Å². The quantitative estimate of drug-likeness (QED) is 0.512. The Morgan fingerprint density at radius 3 is 2.59 bits per heavy atom. The van der Waals surface area contributed by atoms with Crippen molar-refractivity contribution in [3.63, 3.8) is 0 Å². The van der Waals surface area contributed by atoms with Crippen molar-refractivity contribution in [2.24, 2.45) is 5.41 Å². The predicted molar refractivity (Wildman–Crippen MR) is 65.6 cm³/mol. The molecular formula is C12H25NO4. The number of hydrogen-bond donors (Lipinski definition) is 3. The van der Waals surface area contributed by atoms with Gasteiger partial charge in [0.05, 0.1) is 6.61 Å². The van der Waals surface area contributed by atoms with Crippen molar-refractivity contribution in [2.45, 2.75) is 39.7 Å². The average Bonchev–Trinajstić information content (AvgIpc) is 2.32. The molecule has 1 atom stereocenters. The number of carbonyl (C=O) groups excluding carboxylic acids is 1. The Morgan fingerprint density at radius 1 is 1.41 bits per heavy atom. The van der Waals surface area contributed by atoms with Gasteiger partial charge >= 0.3 is 0 Å². The van der Waals surface area contributed by atoms with Gasteiger partial charge in [0.15, 0.2) is 0 Å². The van der Waals surface area contributed by atoms with Crippen LogP contribution in [0.1, 0.15) is 33.6 Å². The van der Waals surface area contributed by atoms with Crippen molar-refractivity contribution in [1.82, 2.24) is 5.32 Å². The molecule has 0 saturated carbocycles. The van der Waals surface area contributed by atoms with Gasteiger partial charge in [-0.1, -0.05) is 20.8 Å². The first-order chi connectivity index (χ1) is 7.95. The van der Waals surface area contributed by atoms with Crippen molar-refractivity contribution < 1.29 is 19.7 Å². The summed E-state index contributed by atoms with van der Waals surface area (Å²) in [6.45, 7) is 6.89. The van der Waals surface area contributed by atoms with E-state index in [1.807, 2.05) is 6.92 Å². The van der Waals surface area contributed by atoms with E-state index in [0.29, 0.717) is 13.2 Å². The zero-order valence-electron chi connectivity index (χ0n) is 11.0. The van der Waals surface area contributed by atoms with Crippen LogP contribution in [0.4, 0.5) is 0 Å². The lowest BCUT2D eigenvalue weighted by molar-refractivity contribution is -0.137. The van der Waals surface area contributed by atoms with Crippen LogP contribution in [-0.4, -0.2) is 48.6 Å². The maximum atomic E-state index is 11.5. The Kier molecular flexibility index (Phi) is 8.12. The second-order valence-corrected chi connectivity index (χ2v) is 4.81. The third-order valence-corrected chi connectivity index (χ3v) is 2.51. The summed E-state index contributed by atoms with van der Waals surface area (Å²) in [6, 6.07) is 0. The van der Waals surface area contributed by atoms with Crippen LogP contribution in [0.2, 0.25) is 0 Å². The van der Waals surface area contributed by atoms with Crippen LogP contribution >= 0.6 is 0 Å². The average molecular weight is 247 g/mol. The molecule has 0 aromatic rings. The number of rotatable bonds is 9.